The molecule has 2 aromatic rings. The lowest BCUT2D eigenvalue weighted by molar-refractivity contribution is -0.118. The number of carbonyl (C=O) groups excluding carboxylic acids is 1. The summed E-state index contributed by atoms with van der Waals surface area (Å²) in [5.74, 6) is 2.15. The van der Waals surface area contributed by atoms with Crippen molar-refractivity contribution in [2.75, 3.05) is 25.6 Å². The molecule has 7 nitrogen and oxygen atoms in total. The van der Waals surface area contributed by atoms with Crippen molar-refractivity contribution in [2.24, 2.45) is 10.9 Å². The molecule has 8 heteroatoms. The van der Waals surface area contributed by atoms with Crippen molar-refractivity contribution in [1.82, 2.24) is 10.6 Å². The maximum absolute atomic E-state index is 11.8. The summed E-state index contributed by atoms with van der Waals surface area (Å²) in [6.45, 7) is 11.5. The van der Waals surface area contributed by atoms with Gasteiger partial charge in [0, 0.05) is 25.2 Å². The molecule has 1 unspecified atom stereocenters. The summed E-state index contributed by atoms with van der Waals surface area (Å²) in [4.78, 5) is 16.1. The summed E-state index contributed by atoms with van der Waals surface area (Å²) in [5, 5.41) is 9.64. The van der Waals surface area contributed by atoms with Crippen molar-refractivity contribution in [3.63, 3.8) is 0 Å². The number of carbonyl (C=O) groups is 1. The van der Waals surface area contributed by atoms with E-state index in [0.717, 1.165) is 28.3 Å². The van der Waals surface area contributed by atoms with Crippen LogP contribution in [0.3, 0.4) is 0 Å². The fourth-order valence-corrected chi connectivity index (χ4v) is 3.00. The maximum Gasteiger partial charge on any atom is 0.226 e. The average molecular weight is 569 g/mol. The first-order chi connectivity index (χ1) is 15.4. The van der Waals surface area contributed by atoms with E-state index < -0.39 is 0 Å². The number of hydrogen-bond donors (Lipinski definition) is 3. The summed E-state index contributed by atoms with van der Waals surface area (Å²) in [6, 6.07) is 13.8. The average Bonchev–Trinajstić information content (AvgIpc) is 2.78. The van der Waals surface area contributed by atoms with Gasteiger partial charge in [0.1, 0.15) is 0 Å². The highest BCUT2D eigenvalue weighted by Gasteiger charge is 2.13. The minimum absolute atomic E-state index is 0. The lowest BCUT2D eigenvalue weighted by atomic mass is 10.1. The zero-order valence-electron chi connectivity index (χ0n) is 20.4. The van der Waals surface area contributed by atoms with Crippen LogP contribution in [0.5, 0.6) is 11.5 Å². The van der Waals surface area contributed by atoms with Gasteiger partial charge in [-0.25, -0.2) is 0 Å². The fraction of sp³-hybridized carbons (Fsp3) is 0.440. The van der Waals surface area contributed by atoms with Gasteiger partial charge in [-0.05, 0) is 56.2 Å². The van der Waals surface area contributed by atoms with Crippen LogP contribution in [-0.4, -0.2) is 32.1 Å². The van der Waals surface area contributed by atoms with Crippen LogP contribution in [-0.2, 0) is 11.3 Å². The van der Waals surface area contributed by atoms with Gasteiger partial charge in [-0.15, -0.1) is 24.0 Å². The number of guanidine groups is 1. The number of nitrogens with one attached hydrogen (secondary N) is 3. The largest absolute Gasteiger partial charge is 0.490 e. The molecule has 0 saturated carbocycles. The molecule has 0 radical (unpaired) electrons. The van der Waals surface area contributed by atoms with Gasteiger partial charge in [0.15, 0.2) is 17.5 Å². The number of anilines is 1. The molecule has 2 rings (SSSR count). The standard InChI is InChI=1S/C25H36N4O3.HI/c1-7-31-22-14-11-20(15-23(22)32-8-2)18(5)28-25(26-6)27-16-19-9-12-21(13-10-19)29-24(30)17(3)4;/h9-15,17-18H,7-8,16H2,1-6H3,(H,29,30)(H2,26,27,28);1H. The van der Waals surface area contributed by atoms with Crippen LogP contribution in [0.4, 0.5) is 5.69 Å². The zero-order valence-corrected chi connectivity index (χ0v) is 22.7. The van der Waals surface area contributed by atoms with Crippen LogP contribution >= 0.6 is 24.0 Å². The van der Waals surface area contributed by atoms with Gasteiger partial charge in [-0.3, -0.25) is 9.79 Å². The molecule has 0 heterocycles. The molecule has 0 aliphatic rings. The van der Waals surface area contributed by atoms with Crippen LogP contribution in [0.2, 0.25) is 0 Å². The number of halogens is 1. The quantitative estimate of drug-likeness (QED) is 0.211. The van der Waals surface area contributed by atoms with E-state index in [0.29, 0.717) is 25.7 Å². The number of ether oxygens (including phenoxy) is 2. The second-order valence-corrected chi connectivity index (χ2v) is 7.70. The monoisotopic (exact) mass is 568 g/mol. The highest BCUT2D eigenvalue weighted by atomic mass is 127. The van der Waals surface area contributed by atoms with Crippen molar-refractivity contribution in [3.05, 3.63) is 53.6 Å². The molecular weight excluding hydrogens is 531 g/mol. The van der Waals surface area contributed by atoms with E-state index in [9.17, 15) is 4.79 Å². The fourth-order valence-electron chi connectivity index (χ4n) is 3.00. The van der Waals surface area contributed by atoms with Crippen LogP contribution in [0.15, 0.2) is 47.5 Å². The Labute approximate surface area is 214 Å². The van der Waals surface area contributed by atoms with Gasteiger partial charge in [-0.2, -0.15) is 0 Å². The molecule has 2 aromatic carbocycles. The first kappa shape index (κ1) is 28.5. The van der Waals surface area contributed by atoms with Gasteiger partial charge in [-0.1, -0.05) is 32.0 Å². The predicted octanol–water partition coefficient (Wildman–Crippen LogP) is 5.12. The second kappa shape index (κ2) is 14.6. The molecule has 33 heavy (non-hydrogen) atoms. The predicted molar refractivity (Wildman–Crippen MR) is 146 cm³/mol. The Morgan fingerprint density at radius 3 is 2.18 bits per heavy atom. The zero-order chi connectivity index (χ0) is 23.5. The van der Waals surface area contributed by atoms with E-state index in [4.69, 9.17) is 9.47 Å². The first-order valence-corrected chi connectivity index (χ1v) is 11.1. The molecule has 3 N–H and O–H groups in total. The molecule has 0 aliphatic carbocycles. The van der Waals surface area contributed by atoms with Crippen molar-refractivity contribution < 1.29 is 14.3 Å². The Balaban J connectivity index is 0.00000544. The molecule has 1 amide bonds. The summed E-state index contributed by atoms with van der Waals surface area (Å²) in [6.07, 6.45) is 0. The van der Waals surface area contributed by atoms with E-state index in [-0.39, 0.29) is 41.8 Å². The summed E-state index contributed by atoms with van der Waals surface area (Å²) in [5.41, 5.74) is 2.96. The first-order valence-electron chi connectivity index (χ1n) is 11.1. The van der Waals surface area contributed by atoms with Gasteiger partial charge >= 0.3 is 0 Å². The molecule has 0 bridgehead atoms. The topological polar surface area (TPSA) is 84.0 Å². The van der Waals surface area contributed by atoms with Gasteiger partial charge in [0.25, 0.3) is 0 Å². The maximum atomic E-state index is 11.8. The molecule has 0 spiro atoms. The van der Waals surface area contributed by atoms with E-state index in [1.165, 1.54) is 0 Å². The van der Waals surface area contributed by atoms with Gasteiger partial charge < -0.3 is 25.4 Å². The lowest BCUT2D eigenvalue weighted by Gasteiger charge is -2.20. The van der Waals surface area contributed by atoms with Gasteiger partial charge in [0.05, 0.1) is 19.3 Å². The van der Waals surface area contributed by atoms with E-state index in [1.807, 2.05) is 70.2 Å². The van der Waals surface area contributed by atoms with E-state index in [1.54, 1.807) is 7.05 Å². The Bertz CT molecular complexity index is 901. The Morgan fingerprint density at radius 2 is 1.61 bits per heavy atom. The summed E-state index contributed by atoms with van der Waals surface area (Å²) in [7, 11) is 1.75. The van der Waals surface area contributed by atoms with Crippen LogP contribution < -0.4 is 25.4 Å². The smallest absolute Gasteiger partial charge is 0.226 e. The lowest BCUT2D eigenvalue weighted by Crippen LogP contribution is -2.38. The van der Waals surface area contributed by atoms with Crippen molar-refractivity contribution >= 4 is 41.5 Å². The molecule has 0 aromatic heterocycles. The number of hydrogen-bond acceptors (Lipinski definition) is 4. The van der Waals surface area contributed by atoms with Crippen LogP contribution in [0.25, 0.3) is 0 Å². The number of benzene rings is 2. The Hall–Kier alpha value is -2.49. The van der Waals surface area contributed by atoms with Crippen LogP contribution in [0, 0.1) is 5.92 Å². The third kappa shape index (κ3) is 9.11. The van der Waals surface area contributed by atoms with Gasteiger partial charge in [0.2, 0.25) is 5.91 Å². The van der Waals surface area contributed by atoms with Crippen molar-refractivity contribution in [3.8, 4) is 11.5 Å². The number of aliphatic imine (C=N–C) groups is 1. The molecule has 0 fully saturated rings. The number of nitrogens with zero attached hydrogens (tertiary/aromatic N) is 1. The van der Waals surface area contributed by atoms with Crippen molar-refractivity contribution in [2.45, 2.75) is 47.2 Å². The molecule has 1 atom stereocenters. The Kier molecular flexibility index (Phi) is 12.6. The Morgan fingerprint density at radius 1 is 0.970 bits per heavy atom. The normalized spacial score (nSPS) is 11.9. The third-order valence-corrected chi connectivity index (χ3v) is 4.85. The second-order valence-electron chi connectivity index (χ2n) is 7.70. The molecule has 0 aliphatic heterocycles. The summed E-state index contributed by atoms with van der Waals surface area (Å²) < 4.78 is 11.4. The van der Waals surface area contributed by atoms with Crippen LogP contribution in [0.1, 0.15) is 51.8 Å². The van der Waals surface area contributed by atoms with E-state index >= 15 is 0 Å². The third-order valence-electron chi connectivity index (χ3n) is 4.85. The highest BCUT2D eigenvalue weighted by Crippen LogP contribution is 2.30. The minimum Gasteiger partial charge on any atom is -0.490 e. The molecule has 0 saturated heterocycles. The minimum atomic E-state index is -0.0484. The SMILES string of the molecule is CCOc1ccc(C(C)NC(=NC)NCc2ccc(NC(=O)C(C)C)cc2)cc1OCC.I. The molecule has 182 valence electrons. The van der Waals surface area contributed by atoms with E-state index in [2.05, 4.69) is 27.9 Å². The van der Waals surface area contributed by atoms with Crippen molar-refractivity contribution in [1.29, 1.82) is 0 Å². The highest BCUT2D eigenvalue weighted by molar-refractivity contribution is 14.0. The molecular formula is C25H37IN4O3. The summed E-state index contributed by atoms with van der Waals surface area (Å²) >= 11 is 0. The number of amides is 1. The number of rotatable bonds is 10.